The van der Waals surface area contributed by atoms with Crippen LogP contribution in [0.25, 0.3) is 11.3 Å². The Morgan fingerprint density at radius 2 is 1.74 bits per heavy atom. The molecular formula is C23H24O4. The summed E-state index contributed by atoms with van der Waals surface area (Å²) in [6, 6.07) is 15.5. The molecule has 0 saturated carbocycles. The number of aliphatic hydroxyl groups is 1. The van der Waals surface area contributed by atoms with E-state index in [2.05, 4.69) is 6.58 Å². The number of aromatic hydroxyl groups is 2. The summed E-state index contributed by atoms with van der Waals surface area (Å²) < 4.78 is 6.05. The molecule has 0 aliphatic rings. The third-order valence-corrected chi connectivity index (χ3v) is 4.47. The lowest BCUT2D eigenvalue weighted by molar-refractivity contribution is 0.170. The molecule has 1 heterocycles. The van der Waals surface area contributed by atoms with Crippen molar-refractivity contribution < 1.29 is 19.7 Å². The first kappa shape index (κ1) is 18.8. The van der Waals surface area contributed by atoms with Crippen LogP contribution < -0.4 is 0 Å². The maximum absolute atomic E-state index is 10.5. The van der Waals surface area contributed by atoms with Gasteiger partial charge in [0.25, 0.3) is 0 Å². The third kappa shape index (κ3) is 4.80. The predicted octanol–water partition coefficient (Wildman–Crippen LogP) is 5.14. The van der Waals surface area contributed by atoms with Crippen molar-refractivity contribution in [3.63, 3.8) is 0 Å². The van der Waals surface area contributed by atoms with E-state index in [-0.39, 0.29) is 11.5 Å². The lowest BCUT2D eigenvalue weighted by Gasteiger charge is -2.09. The average molecular weight is 364 g/mol. The molecule has 1 unspecified atom stereocenters. The van der Waals surface area contributed by atoms with E-state index in [0.29, 0.717) is 23.5 Å². The van der Waals surface area contributed by atoms with Gasteiger partial charge in [0.1, 0.15) is 23.0 Å². The van der Waals surface area contributed by atoms with Gasteiger partial charge < -0.3 is 19.7 Å². The highest BCUT2D eigenvalue weighted by Crippen LogP contribution is 2.32. The van der Waals surface area contributed by atoms with Crippen molar-refractivity contribution in [3.8, 4) is 22.8 Å². The second-order valence-electron chi connectivity index (χ2n) is 6.61. The van der Waals surface area contributed by atoms with Crippen molar-refractivity contribution in [3.05, 3.63) is 84.1 Å². The van der Waals surface area contributed by atoms with Gasteiger partial charge in [0, 0.05) is 12.0 Å². The van der Waals surface area contributed by atoms with E-state index in [1.807, 2.05) is 18.2 Å². The van der Waals surface area contributed by atoms with E-state index in [1.165, 1.54) is 0 Å². The second-order valence-corrected chi connectivity index (χ2v) is 6.61. The molecule has 0 fully saturated rings. The van der Waals surface area contributed by atoms with Gasteiger partial charge in [0.05, 0.1) is 6.10 Å². The molecular weight excluding hydrogens is 340 g/mol. The summed E-state index contributed by atoms with van der Waals surface area (Å²) in [6.07, 6.45) is 4.09. The van der Waals surface area contributed by atoms with Gasteiger partial charge in [0.2, 0.25) is 0 Å². The quantitative estimate of drug-likeness (QED) is 0.382. The van der Waals surface area contributed by atoms with Crippen LogP contribution in [0.1, 0.15) is 35.8 Å². The highest BCUT2D eigenvalue weighted by molar-refractivity contribution is 5.63. The van der Waals surface area contributed by atoms with E-state index in [9.17, 15) is 15.3 Å². The van der Waals surface area contributed by atoms with Crippen molar-refractivity contribution in [2.75, 3.05) is 0 Å². The van der Waals surface area contributed by atoms with Gasteiger partial charge in [-0.1, -0.05) is 30.3 Å². The number of benzene rings is 2. The second kappa shape index (κ2) is 8.60. The minimum atomic E-state index is -0.777. The molecule has 0 amide bonds. The number of phenols is 2. The normalized spacial score (nSPS) is 12.0. The molecule has 140 valence electrons. The minimum absolute atomic E-state index is 0.122. The standard InChI is InChI=1S/C23H24O4/c1-2-3-4-7-18-14-21(15-22(26)16-8-5-10-19(24)12-16)27-23(18)17-9-6-11-20(25)13-17/h2,5-6,8-14,22,24-26H,1,3-4,7,15H2. The molecule has 0 aliphatic carbocycles. The van der Waals surface area contributed by atoms with E-state index < -0.39 is 6.10 Å². The zero-order valence-electron chi connectivity index (χ0n) is 15.1. The van der Waals surface area contributed by atoms with E-state index in [0.717, 1.165) is 30.4 Å². The summed E-state index contributed by atoms with van der Waals surface area (Å²) in [4.78, 5) is 0. The zero-order valence-corrected chi connectivity index (χ0v) is 15.1. The Hall–Kier alpha value is -2.98. The number of hydrogen-bond acceptors (Lipinski definition) is 4. The van der Waals surface area contributed by atoms with Gasteiger partial charge in [-0.05, 0) is 60.7 Å². The number of aryl methyl sites for hydroxylation is 1. The molecule has 0 saturated heterocycles. The molecule has 0 aliphatic heterocycles. The zero-order chi connectivity index (χ0) is 19.2. The Bertz CT molecular complexity index is 910. The van der Waals surface area contributed by atoms with E-state index in [4.69, 9.17) is 4.42 Å². The lowest BCUT2D eigenvalue weighted by Crippen LogP contribution is -2.00. The summed E-state index contributed by atoms with van der Waals surface area (Å²) in [5.41, 5.74) is 2.49. The number of allylic oxidation sites excluding steroid dienone is 1. The Labute approximate surface area is 159 Å². The predicted molar refractivity (Wildman–Crippen MR) is 106 cm³/mol. The van der Waals surface area contributed by atoms with Gasteiger partial charge in [0.15, 0.2) is 0 Å². The monoisotopic (exact) mass is 364 g/mol. The van der Waals surface area contributed by atoms with Crippen LogP contribution in [0.5, 0.6) is 11.5 Å². The number of furan rings is 1. The molecule has 4 heteroatoms. The van der Waals surface area contributed by atoms with Crippen molar-refractivity contribution in [1.82, 2.24) is 0 Å². The highest BCUT2D eigenvalue weighted by Gasteiger charge is 2.17. The number of unbranched alkanes of at least 4 members (excludes halogenated alkanes) is 1. The Kier molecular flexibility index (Phi) is 5.99. The maximum Gasteiger partial charge on any atom is 0.137 e. The molecule has 2 aromatic carbocycles. The molecule has 3 rings (SSSR count). The first-order valence-electron chi connectivity index (χ1n) is 9.05. The van der Waals surface area contributed by atoms with Crippen LogP contribution in [0.15, 0.2) is 71.7 Å². The minimum Gasteiger partial charge on any atom is -0.508 e. The largest absolute Gasteiger partial charge is 0.508 e. The van der Waals surface area contributed by atoms with E-state index in [1.54, 1.807) is 42.5 Å². The van der Waals surface area contributed by atoms with Crippen LogP contribution in [-0.4, -0.2) is 15.3 Å². The molecule has 0 spiro atoms. The lowest BCUT2D eigenvalue weighted by atomic mass is 10.0. The summed E-state index contributed by atoms with van der Waals surface area (Å²) in [6.45, 7) is 3.76. The maximum atomic E-state index is 10.5. The summed E-state index contributed by atoms with van der Waals surface area (Å²) in [5, 5.41) is 29.9. The van der Waals surface area contributed by atoms with Gasteiger partial charge in [-0.3, -0.25) is 0 Å². The van der Waals surface area contributed by atoms with Gasteiger partial charge in [-0.2, -0.15) is 0 Å². The molecule has 4 nitrogen and oxygen atoms in total. The number of rotatable bonds is 8. The van der Waals surface area contributed by atoms with Crippen LogP contribution in [0.2, 0.25) is 0 Å². The summed E-state index contributed by atoms with van der Waals surface area (Å²) in [7, 11) is 0. The first-order valence-corrected chi connectivity index (χ1v) is 9.05. The van der Waals surface area contributed by atoms with Crippen molar-refractivity contribution in [2.24, 2.45) is 0 Å². The number of hydrogen-bond donors (Lipinski definition) is 3. The fourth-order valence-electron chi connectivity index (χ4n) is 3.14. The Morgan fingerprint density at radius 1 is 1.00 bits per heavy atom. The van der Waals surface area contributed by atoms with Crippen LogP contribution in [-0.2, 0) is 12.8 Å². The average Bonchev–Trinajstić information content (AvgIpc) is 3.04. The van der Waals surface area contributed by atoms with Crippen LogP contribution in [0.4, 0.5) is 0 Å². The van der Waals surface area contributed by atoms with Crippen molar-refractivity contribution in [1.29, 1.82) is 0 Å². The van der Waals surface area contributed by atoms with Crippen LogP contribution in [0, 0.1) is 0 Å². The molecule has 3 N–H and O–H groups in total. The fraction of sp³-hybridized carbons (Fsp3) is 0.217. The van der Waals surface area contributed by atoms with Crippen LogP contribution >= 0.6 is 0 Å². The molecule has 0 radical (unpaired) electrons. The van der Waals surface area contributed by atoms with Gasteiger partial charge >= 0.3 is 0 Å². The summed E-state index contributed by atoms with van der Waals surface area (Å²) in [5.74, 6) is 1.68. The molecule has 1 atom stereocenters. The highest BCUT2D eigenvalue weighted by atomic mass is 16.3. The molecule has 3 aromatic rings. The summed E-state index contributed by atoms with van der Waals surface area (Å²) >= 11 is 0. The van der Waals surface area contributed by atoms with Crippen molar-refractivity contribution >= 4 is 0 Å². The fourth-order valence-corrected chi connectivity index (χ4v) is 3.14. The number of aliphatic hydroxyl groups excluding tert-OH is 1. The Balaban J connectivity index is 1.87. The van der Waals surface area contributed by atoms with E-state index >= 15 is 0 Å². The SMILES string of the molecule is C=CCCCc1cc(CC(O)c2cccc(O)c2)oc1-c1cccc(O)c1. The number of phenolic OH excluding ortho intramolecular Hbond substituents is 2. The smallest absolute Gasteiger partial charge is 0.137 e. The molecule has 27 heavy (non-hydrogen) atoms. The first-order chi connectivity index (χ1) is 13.1. The molecule has 1 aromatic heterocycles. The van der Waals surface area contributed by atoms with Crippen LogP contribution in [0.3, 0.4) is 0 Å². The molecule has 0 bridgehead atoms. The van der Waals surface area contributed by atoms with Gasteiger partial charge in [-0.15, -0.1) is 6.58 Å². The topological polar surface area (TPSA) is 73.8 Å². The van der Waals surface area contributed by atoms with Gasteiger partial charge in [-0.25, -0.2) is 0 Å². The Morgan fingerprint density at radius 3 is 2.44 bits per heavy atom. The third-order valence-electron chi connectivity index (χ3n) is 4.47. The van der Waals surface area contributed by atoms with Crippen molar-refractivity contribution in [2.45, 2.75) is 31.8 Å².